The number of nitrogens with one attached hydrogen (secondary N) is 1. The van der Waals surface area contributed by atoms with Crippen molar-refractivity contribution in [3.8, 4) is 5.75 Å². The van der Waals surface area contributed by atoms with Crippen molar-refractivity contribution in [2.75, 3.05) is 0 Å². The standard InChI is InChI=1S/C21H21N3O4S/c1-13-8-16(28-12-15-6-4-3-5-7-15)9-14(2)17(13)11-22-24-21-23-20(27)18(29-21)10-19(25)26/h3-9,11,18H,10,12H2,1-2H3,(H,25,26)(H,23,24,27). The molecule has 7 nitrogen and oxygen atoms in total. The van der Waals surface area contributed by atoms with Gasteiger partial charge in [0.1, 0.15) is 17.6 Å². The molecule has 0 aliphatic carbocycles. The van der Waals surface area contributed by atoms with Crippen LogP contribution in [0.2, 0.25) is 0 Å². The SMILES string of the molecule is Cc1cc(OCc2ccccc2)cc(C)c1C=NN=C1NC(=O)C(CC(=O)O)S1. The van der Waals surface area contributed by atoms with Crippen molar-refractivity contribution in [2.24, 2.45) is 10.2 Å². The van der Waals surface area contributed by atoms with Crippen LogP contribution in [0.4, 0.5) is 0 Å². The van der Waals surface area contributed by atoms with Crippen molar-refractivity contribution in [2.45, 2.75) is 32.1 Å². The lowest BCUT2D eigenvalue weighted by Gasteiger charge is -2.11. The van der Waals surface area contributed by atoms with E-state index in [4.69, 9.17) is 9.84 Å². The number of rotatable bonds is 7. The van der Waals surface area contributed by atoms with E-state index in [9.17, 15) is 9.59 Å². The fourth-order valence-electron chi connectivity index (χ4n) is 2.85. The van der Waals surface area contributed by atoms with Crippen molar-refractivity contribution in [3.63, 3.8) is 0 Å². The zero-order chi connectivity index (χ0) is 20.8. The van der Waals surface area contributed by atoms with E-state index < -0.39 is 11.2 Å². The molecule has 1 heterocycles. The smallest absolute Gasteiger partial charge is 0.305 e. The predicted molar refractivity (Wildman–Crippen MR) is 113 cm³/mol. The normalized spacial score (nSPS) is 17.7. The number of amidine groups is 1. The second kappa shape index (κ2) is 9.38. The highest BCUT2D eigenvalue weighted by molar-refractivity contribution is 8.15. The number of nitrogens with zero attached hydrogens (tertiary/aromatic N) is 2. The number of hydrogen-bond donors (Lipinski definition) is 2. The number of carboxylic acid groups (broad SMARTS) is 1. The molecule has 29 heavy (non-hydrogen) atoms. The molecule has 2 N–H and O–H groups in total. The van der Waals surface area contributed by atoms with Gasteiger partial charge >= 0.3 is 5.97 Å². The number of carboxylic acids is 1. The van der Waals surface area contributed by atoms with Crippen LogP contribution in [0.15, 0.2) is 52.7 Å². The molecule has 3 rings (SSSR count). The van der Waals surface area contributed by atoms with E-state index in [1.165, 1.54) is 0 Å². The molecule has 1 amide bonds. The van der Waals surface area contributed by atoms with Crippen LogP contribution < -0.4 is 10.1 Å². The monoisotopic (exact) mass is 411 g/mol. The molecule has 0 aromatic heterocycles. The minimum absolute atomic E-state index is 0.248. The van der Waals surface area contributed by atoms with Gasteiger partial charge in [0.05, 0.1) is 12.6 Å². The highest BCUT2D eigenvalue weighted by atomic mass is 32.2. The maximum absolute atomic E-state index is 11.7. The van der Waals surface area contributed by atoms with Crippen LogP contribution in [0.5, 0.6) is 5.75 Å². The Balaban J connectivity index is 1.65. The zero-order valence-corrected chi connectivity index (χ0v) is 16.9. The first-order chi connectivity index (χ1) is 13.9. The third kappa shape index (κ3) is 5.68. The summed E-state index contributed by atoms with van der Waals surface area (Å²) in [5.74, 6) is -0.607. The van der Waals surface area contributed by atoms with Crippen LogP contribution in [-0.2, 0) is 16.2 Å². The van der Waals surface area contributed by atoms with Gasteiger partial charge in [-0.05, 0) is 42.7 Å². The number of carbonyl (C=O) groups is 2. The van der Waals surface area contributed by atoms with Gasteiger partial charge in [-0.2, -0.15) is 5.10 Å². The van der Waals surface area contributed by atoms with Crippen molar-refractivity contribution in [3.05, 3.63) is 64.7 Å². The van der Waals surface area contributed by atoms with Crippen LogP contribution in [0.1, 0.15) is 28.7 Å². The van der Waals surface area contributed by atoms with Crippen LogP contribution in [0, 0.1) is 13.8 Å². The Hall–Kier alpha value is -3.13. The van der Waals surface area contributed by atoms with Gasteiger partial charge in [0, 0.05) is 5.56 Å². The zero-order valence-electron chi connectivity index (χ0n) is 16.1. The number of aliphatic carboxylic acids is 1. The summed E-state index contributed by atoms with van der Waals surface area (Å²) in [6.45, 7) is 4.42. The van der Waals surface area contributed by atoms with Crippen LogP contribution >= 0.6 is 11.8 Å². The summed E-state index contributed by atoms with van der Waals surface area (Å²) in [4.78, 5) is 22.5. The topological polar surface area (TPSA) is 100 Å². The van der Waals surface area contributed by atoms with Gasteiger partial charge in [-0.1, -0.05) is 42.1 Å². The van der Waals surface area contributed by atoms with Gasteiger partial charge in [-0.3, -0.25) is 9.59 Å². The van der Waals surface area contributed by atoms with E-state index in [0.29, 0.717) is 11.8 Å². The third-order valence-corrected chi connectivity index (χ3v) is 5.36. The maximum atomic E-state index is 11.7. The molecule has 1 saturated heterocycles. The van der Waals surface area contributed by atoms with Crippen LogP contribution in [0.25, 0.3) is 0 Å². The lowest BCUT2D eigenvalue weighted by atomic mass is 10.0. The molecule has 1 unspecified atom stereocenters. The van der Waals surface area contributed by atoms with E-state index >= 15 is 0 Å². The summed E-state index contributed by atoms with van der Waals surface area (Å²) in [7, 11) is 0. The van der Waals surface area contributed by atoms with Gasteiger partial charge in [-0.15, -0.1) is 5.10 Å². The molecule has 0 saturated carbocycles. The number of hydrogen-bond acceptors (Lipinski definition) is 6. The molecule has 150 valence electrons. The fourth-order valence-corrected chi connectivity index (χ4v) is 3.76. The average molecular weight is 411 g/mol. The number of carbonyl (C=O) groups excluding carboxylic acids is 1. The Labute approximate surface area is 172 Å². The summed E-state index contributed by atoms with van der Waals surface area (Å²) in [5.41, 5.74) is 3.99. The lowest BCUT2D eigenvalue weighted by molar-refractivity contribution is -0.138. The molecule has 1 aliphatic heterocycles. The van der Waals surface area contributed by atoms with Crippen LogP contribution in [-0.4, -0.2) is 33.6 Å². The first-order valence-corrected chi connectivity index (χ1v) is 9.88. The summed E-state index contributed by atoms with van der Waals surface area (Å²) >= 11 is 1.07. The molecule has 1 aliphatic rings. The van der Waals surface area contributed by atoms with Crippen molar-refractivity contribution in [1.29, 1.82) is 0 Å². The summed E-state index contributed by atoms with van der Waals surface area (Å²) in [5, 5.41) is 19.0. The Bertz CT molecular complexity index is 950. The number of thioether (sulfide) groups is 1. The van der Waals surface area contributed by atoms with E-state index in [1.807, 2.05) is 56.3 Å². The number of aryl methyl sites for hydroxylation is 2. The molecular formula is C21H21N3O4S. The van der Waals surface area contributed by atoms with Gasteiger partial charge in [-0.25, -0.2) is 0 Å². The minimum Gasteiger partial charge on any atom is -0.489 e. The third-order valence-electron chi connectivity index (χ3n) is 4.29. The second-order valence-corrected chi connectivity index (χ2v) is 7.78. The molecule has 0 bridgehead atoms. The van der Waals surface area contributed by atoms with Gasteiger partial charge in [0.2, 0.25) is 5.91 Å². The van der Waals surface area contributed by atoms with E-state index in [2.05, 4.69) is 15.5 Å². The van der Waals surface area contributed by atoms with Crippen LogP contribution in [0.3, 0.4) is 0 Å². The van der Waals surface area contributed by atoms with Gasteiger partial charge in [0.15, 0.2) is 5.17 Å². The van der Waals surface area contributed by atoms with E-state index in [-0.39, 0.29) is 12.3 Å². The molecule has 0 radical (unpaired) electrons. The number of benzene rings is 2. The van der Waals surface area contributed by atoms with Crippen molar-refractivity contribution >= 4 is 35.0 Å². The van der Waals surface area contributed by atoms with Gasteiger partial charge in [0.25, 0.3) is 0 Å². The first-order valence-electron chi connectivity index (χ1n) is 9.00. The minimum atomic E-state index is -1.02. The Morgan fingerprint density at radius 2 is 1.93 bits per heavy atom. The molecule has 8 heteroatoms. The Morgan fingerprint density at radius 3 is 2.59 bits per heavy atom. The molecular weight excluding hydrogens is 390 g/mol. The average Bonchev–Trinajstić information content (AvgIpc) is 3.01. The predicted octanol–water partition coefficient (Wildman–Crippen LogP) is 3.28. The summed E-state index contributed by atoms with van der Waals surface area (Å²) < 4.78 is 5.88. The first kappa shape index (κ1) is 20.6. The van der Waals surface area contributed by atoms with Crippen molar-refractivity contribution < 1.29 is 19.4 Å². The second-order valence-electron chi connectivity index (χ2n) is 6.59. The highest BCUT2D eigenvalue weighted by Crippen LogP contribution is 2.23. The summed E-state index contributed by atoms with van der Waals surface area (Å²) in [6.07, 6.45) is 1.37. The summed E-state index contributed by atoms with van der Waals surface area (Å²) in [6, 6.07) is 13.8. The van der Waals surface area contributed by atoms with Gasteiger partial charge < -0.3 is 15.2 Å². The maximum Gasteiger partial charge on any atom is 0.305 e. The molecule has 1 fully saturated rings. The highest BCUT2D eigenvalue weighted by Gasteiger charge is 2.32. The number of amides is 1. The quantitative estimate of drug-likeness (QED) is 0.538. The van der Waals surface area contributed by atoms with E-state index in [0.717, 1.165) is 39.8 Å². The number of ether oxygens (including phenoxy) is 1. The van der Waals surface area contributed by atoms with Crippen molar-refractivity contribution in [1.82, 2.24) is 5.32 Å². The Morgan fingerprint density at radius 1 is 1.24 bits per heavy atom. The molecule has 2 aromatic rings. The molecule has 1 atom stereocenters. The largest absolute Gasteiger partial charge is 0.489 e. The lowest BCUT2D eigenvalue weighted by Crippen LogP contribution is -2.26. The van der Waals surface area contributed by atoms with E-state index in [1.54, 1.807) is 6.21 Å². The fraction of sp³-hybridized carbons (Fsp3) is 0.238. The molecule has 0 spiro atoms. The molecule has 2 aromatic carbocycles. The Kier molecular flexibility index (Phi) is 6.66.